The van der Waals surface area contributed by atoms with Crippen LogP contribution in [0.5, 0.6) is 0 Å². The van der Waals surface area contributed by atoms with Crippen molar-refractivity contribution in [3.8, 4) is 0 Å². The van der Waals surface area contributed by atoms with E-state index in [0.29, 0.717) is 0 Å². The van der Waals surface area contributed by atoms with Crippen LogP contribution in [0.4, 0.5) is 20.2 Å². The molecule has 1 heterocycles. The Hall–Kier alpha value is -2.43. The summed E-state index contributed by atoms with van der Waals surface area (Å²) in [5, 5.41) is 2.49. The number of nitrogens with one attached hydrogen (secondary N) is 1. The number of halogens is 2. The summed E-state index contributed by atoms with van der Waals surface area (Å²) in [4.78, 5) is 14.1. The Bertz CT molecular complexity index is 718. The molecule has 1 aliphatic rings. The molecule has 1 atom stereocenters. The molecule has 0 spiro atoms. The van der Waals surface area contributed by atoms with Crippen LogP contribution in [-0.4, -0.2) is 18.5 Å². The van der Waals surface area contributed by atoms with Crippen molar-refractivity contribution in [3.05, 3.63) is 59.7 Å². The predicted molar refractivity (Wildman–Crippen MR) is 81.9 cm³/mol. The molecule has 114 valence electrons. The number of hydrogen-bond acceptors (Lipinski definition) is 2. The van der Waals surface area contributed by atoms with E-state index in [2.05, 4.69) is 5.32 Å². The molecule has 3 rings (SSSR count). The molecule has 0 radical (unpaired) electrons. The minimum atomic E-state index is -0.775. The highest BCUT2D eigenvalue weighted by atomic mass is 19.1. The number of benzene rings is 2. The lowest BCUT2D eigenvalue weighted by molar-refractivity contribution is -0.115. The summed E-state index contributed by atoms with van der Waals surface area (Å²) >= 11 is 0. The van der Waals surface area contributed by atoms with Crippen molar-refractivity contribution >= 4 is 17.3 Å². The quantitative estimate of drug-likeness (QED) is 0.943. The lowest BCUT2D eigenvalue weighted by atomic mass is 10.1. The van der Waals surface area contributed by atoms with Crippen molar-refractivity contribution in [1.82, 2.24) is 0 Å². The zero-order chi connectivity index (χ0) is 15.7. The SMILES string of the molecule is CC1Cc2ccccc2N1CC(=O)Nc1ccc(F)cc1F. The molecule has 0 aliphatic carbocycles. The van der Waals surface area contributed by atoms with Crippen molar-refractivity contribution in [1.29, 1.82) is 0 Å². The van der Waals surface area contributed by atoms with E-state index in [1.165, 1.54) is 11.6 Å². The van der Waals surface area contributed by atoms with E-state index in [4.69, 9.17) is 0 Å². The van der Waals surface area contributed by atoms with E-state index in [-0.39, 0.29) is 24.2 Å². The number of hydrogen-bond donors (Lipinski definition) is 1. The second-order valence-electron chi connectivity index (χ2n) is 5.48. The zero-order valence-corrected chi connectivity index (χ0v) is 12.1. The molecule has 3 nitrogen and oxygen atoms in total. The third-order valence-electron chi connectivity index (χ3n) is 3.87. The first-order valence-electron chi connectivity index (χ1n) is 7.14. The van der Waals surface area contributed by atoms with Crippen LogP contribution in [0.15, 0.2) is 42.5 Å². The van der Waals surface area contributed by atoms with Crippen molar-refractivity contribution in [2.24, 2.45) is 0 Å². The van der Waals surface area contributed by atoms with Gasteiger partial charge in [-0.15, -0.1) is 0 Å². The fourth-order valence-electron chi connectivity index (χ4n) is 2.81. The Morgan fingerprint density at radius 3 is 2.82 bits per heavy atom. The number of anilines is 2. The van der Waals surface area contributed by atoms with Gasteiger partial charge in [0, 0.05) is 17.8 Å². The van der Waals surface area contributed by atoms with Crippen LogP contribution in [0, 0.1) is 11.6 Å². The summed E-state index contributed by atoms with van der Waals surface area (Å²) in [6.07, 6.45) is 0.883. The second-order valence-corrected chi connectivity index (χ2v) is 5.48. The van der Waals surface area contributed by atoms with Crippen LogP contribution >= 0.6 is 0 Å². The maximum Gasteiger partial charge on any atom is 0.243 e. The van der Waals surface area contributed by atoms with E-state index >= 15 is 0 Å². The summed E-state index contributed by atoms with van der Waals surface area (Å²) in [6.45, 7) is 2.18. The summed E-state index contributed by atoms with van der Waals surface area (Å²) in [7, 11) is 0. The summed E-state index contributed by atoms with van der Waals surface area (Å²) in [6, 6.07) is 11.2. The highest BCUT2D eigenvalue weighted by Crippen LogP contribution is 2.31. The topological polar surface area (TPSA) is 32.3 Å². The molecule has 0 bridgehead atoms. The zero-order valence-electron chi connectivity index (χ0n) is 12.1. The average Bonchev–Trinajstić information content (AvgIpc) is 2.78. The number of carbonyl (C=O) groups is 1. The van der Waals surface area contributed by atoms with Gasteiger partial charge < -0.3 is 10.2 Å². The number of fused-ring (bicyclic) bond motifs is 1. The molecular weight excluding hydrogens is 286 g/mol. The first kappa shape index (κ1) is 14.5. The van der Waals surface area contributed by atoms with Gasteiger partial charge in [0.2, 0.25) is 5.91 Å². The van der Waals surface area contributed by atoms with Gasteiger partial charge in [-0.3, -0.25) is 4.79 Å². The Morgan fingerprint density at radius 2 is 2.05 bits per heavy atom. The number of amides is 1. The largest absolute Gasteiger partial charge is 0.359 e. The maximum atomic E-state index is 13.6. The lowest BCUT2D eigenvalue weighted by Gasteiger charge is -2.24. The van der Waals surface area contributed by atoms with Gasteiger partial charge >= 0.3 is 0 Å². The van der Waals surface area contributed by atoms with Crippen LogP contribution < -0.4 is 10.2 Å². The van der Waals surface area contributed by atoms with E-state index in [1.807, 2.05) is 36.1 Å². The fourth-order valence-corrected chi connectivity index (χ4v) is 2.81. The summed E-state index contributed by atoms with van der Waals surface area (Å²) < 4.78 is 26.4. The minimum absolute atomic E-state index is 0.00784. The monoisotopic (exact) mass is 302 g/mol. The second kappa shape index (κ2) is 5.75. The smallest absolute Gasteiger partial charge is 0.243 e. The van der Waals surface area contributed by atoms with Gasteiger partial charge in [-0.05, 0) is 37.1 Å². The third-order valence-corrected chi connectivity index (χ3v) is 3.87. The van der Waals surface area contributed by atoms with E-state index in [9.17, 15) is 13.6 Å². The highest BCUT2D eigenvalue weighted by molar-refractivity contribution is 5.94. The number of carbonyl (C=O) groups excluding carboxylic acids is 1. The molecule has 5 heteroatoms. The Balaban J connectivity index is 1.72. The first-order chi connectivity index (χ1) is 10.5. The molecule has 1 unspecified atom stereocenters. The van der Waals surface area contributed by atoms with Crippen LogP contribution in [0.3, 0.4) is 0 Å². The van der Waals surface area contributed by atoms with Gasteiger partial charge in [0.05, 0.1) is 12.2 Å². The van der Waals surface area contributed by atoms with Crippen molar-refractivity contribution in [2.45, 2.75) is 19.4 Å². The summed E-state index contributed by atoms with van der Waals surface area (Å²) in [5.41, 5.74) is 2.23. The first-order valence-corrected chi connectivity index (χ1v) is 7.14. The lowest BCUT2D eigenvalue weighted by Crippen LogP contribution is -2.37. The number of para-hydroxylation sites is 1. The van der Waals surface area contributed by atoms with Crippen LogP contribution in [-0.2, 0) is 11.2 Å². The van der Waals surface area contributed by atoms with Gasteiger partial charge in [0.25, 0.3) is 0 Å². The predicted octanol–water partition coefficient (Wildman–Crippen LogP) is 3.35. The maximum absolute atomic E-state index is 13.6. The normalized spacial score (nSPS) is 16.5. The van der Waals surface area contributed by atoms with Crippen molar-refractivity contribution < 1.29 is 13.6 Å². The van der Waals surface area contributed by atoms with Crippen LogP contribution in [0.25, 0.3) is 0 Å². The van der Waals surface area contributed by atoms with Gasteiger partial charge in [-0.2, -0.15) is 0 Å². The van der Waals surface area contributed by atoms with Gasteiger partial charge in [-0.25, -0.2) is 8.78 Å². The molecule has 2 aromatic carbocycles. The molecule has 1 N–H and O–H groups in total. The van der Waals surface area contributed by atoms with Crippen LogP contribution in [0.1, 0.15) is 12.5 Å². The molecule has 0 fully saturated rings. The molecule has 0 aromatic heterocycles. The highest BCUT2D eigenvalue weighted by Gasteiger charge is 2.27. The summed E-state index contributed by atoms with van der Waals surface area (Å²) in [5.74, 6) is -1.77. The number of rotatable bonds is 3. The molecule has 22 heavy (non-hydrogen) atoms. The van der Waals surface area contributed by atoms with Crippen molar-refractivity contribution in [3.63, 3.8) is 0 Å². The average molecular weight is 302 g/mol. The van der Waals surface area contributed by atoms with Crippen molar-refractivity contribution in [2.75, 3.05) is 16.8 Å². The number of nitrogens with zero attached hydrogens (tertiary/aromatic N) is 1. The molecular formula is C17H16F2N2O. The van der Waals surface area contributed by atoms with E-state index < -0.39 is 11.6 Å². The molecule has 2 aromatic rings. The molecule has 1 aliphatic heterocycles. The third kappa shape index (κ3) is 2.79. The minimum Gasteiger partial charge on any atom is -0.359 e. The Kier molecular flexibility index (Phi) is 3.79. The van der Waals surface area contributed by atoms with Gasteiger partial charge in [0.15, 0.2) is 0 Å². The van der Waals surface area contributed by atoms with Gasteiger partial charge in [-0.1, -0.05) is 18.2 Å². The van der Waals surface area contributed by atoms with Crippen LogP contribution in [0.2, 0.25) is 0 Å². The Morgan fingerprint density at radius 1 is 1.27 bits per heavy atom. The van der Waals surface area contributed by atoms with E-state index in [0.717, 1.165) is 24.2 Å². The Labute approximate surface area is 127 Å². The molecule has 0 saturated heterocycles. The standard InChI is InChI=1S/C17H16F2N2O/c1-11-8-12-4-2-3-5-16(12)21(11)10-17(22)20-15-7-6-13(18)9-14(15)19/h2-7,9,11H,8,10H2,1H3,(H,20,22). The fraction of sp³-hybridized carbons (Fsp3) is 0.235. The molecule has 0 saturated carbocycles. The molecule has 1 amide bonds. The van der Waals surface area contributed by atoms with E-state index in [1.54, 1.807) is 0 Å². The van der Waals surface area contributed by atoms with Gasteiger partial charge in [0.1, 0.15) is 11.6 Å².